The maximum absolute atomic E-state index is 10.8. The molecule has 1 aromatic heterocycles. The fourth-order valence-corrected chi connectivity index (χ4v) is 1.40. The fourth-order valence-electron chi connectivity index (χ4n) is 1.40. The zero-order valence-electron chi connectivity index (χ0n) is 9.07. The molecule has 0 spiro atoms. The summed E-state index contributed by atoms with van der Waals surface area (Å²) in [5.74, 6) is -1.49. The number of rotatable bonds is 6. The Hall–Kier alpha value is -2.25. The maximum Gasteiger partial charge on any atom is 0.363 e. The standard InChI is InChI=1S/C9H11N3O5/c1-2-3-6(5-13)11-4-7(12(16)17)8(10-11)9(14)15/h4-6H,2-3H2,1H3,(H,14,15). The molecule has 0 aliphatic carbocycles. The highest BCUT2D eigenvalue weighted by atomic mass is 16.6. The molecule has 8 nitrogen and oxygen atoms in total. The van der Waals surface area contributed by atoms with Crippen LogP contribution in [0.4, 0.5) is 5.69 Å². The zero-order valence-corrected chi connectivity index (χ0v) is 9.07. The summed E-state index contributed by atoms with van der Waals surface area (Å²) in [4.78, 5) is 31.3. The number of carboxylic acid groups (broad SMARTS) is 1. The molecule has 8 heteroatoms. The quantitative estimate of drug-likeness (QED) is 0.451. The number of nitrogens with zero attached hydrogens (tertiary/aromatic N) is 3. The molecule has 0 saturated heterocycles. The van der Waals surface area contributed by atoms with Gasteiger partial charge in [0.15, 0.2) is 0 Å². The van der Waals surface area contributed by atoms with E-state index in [1.807, 2.05) is 6.92 Å². The monoisotopic (exact) mass is 241 g/mol. The van der Waals surface area contributed by atoms with E-state index in [9.17, 15) is 19.7 Å². The molecule has 1 heterocycles. The van der Waals surface area contributed by atoms with E-state index in [-0.39, 0.29) is 0 Å². The molecular formula is C9H11N3O5. The highest BCUT2D eigenvalue weighted by Crippen LogP contribution is 2.20. The first-order valence-corrected chi connectivity index (χ1v) is 4.93. The summed E-state index contributed by atoms with van der Waals surface area (Å²) < 4.78 is 1.03. The van der Waals surface area contributed by atoms with Crippen LogP contribution in [0.25, 0.3) is 0 Å². The second kappa shape index (κ2) is 5.19. The Morgan fingerprint density at radius 2 is 2.41 bits per heavy atom. The molecule has 17 heavy (non-hydrogen) atoms. The fraction of sp³-hybridized carbons (Fsp3) is 0.444. The lowest BCUT2D eigenvalue weighted by Gasteiger charge is -2.07. The average molecular weight is 241 g/mol. The van der Waals surface area contributed by atoms with Crippen LogP contribution in [0.15, 0.2) is 6.20 Å². The molecule has 1 aromatic rings. The first-order chi connectivity index (χ1) is 8.01. The van der Waals surface area contributed by atoms with Crippen LogP contribution in [0.3, 0.4) is 0 Å². The SMILES string of the molecule is CCCC(C=O)n1cc([N+](=O)[O-])c(C(=O)O)n1. The van der Waals surface area contributed by atoms with E-state index in [1.54, 1.807) is 0 Å². The van der Waals surface area contributed by atoms with E-state index in [1.165, 1.54) is 0 Å². The van der Waals surface area contributed by atoms with Crippen LogP contribution in [0.1, 0.15) is 36.3 Å². The molecule has 0 amide bonds. The Morgan fingerprint density at radius 3 is 2.76 bits per heavy atom. The van der Waals surface area contributed by atoms with E-state index in [0.717, 1.165) is 10.9 Å². The molecule has 1 rings (SSSR count). The Morgan fingerprint density at radius 1 is 1.76 bits per heavy atom. The van der Waals surface area contributed by atoms with E-state index in [2.05, 4.69) is 5.10 Å². The molecule has 0 aromatic carbocycles. The molecule has 0 saturated carbocycles. The van der Waals surface area contributed by atoms with Crippen molar-refractivity contribution in [3.05, 3.63) is 22.0 Å². The molecule has 92 valence electrons. The molecule has 0 aliphatic rings. The van der Waals surface area contributed by atoms with Crippen LogP contribution in [0, 0.1) is 10.1 Å². The zero-order chi connectivity index (χ0) is 13.0. The summed E-state index contributed by atoms with van der Waals surface area (Å²) in [7, 11) is 0. The number of carboxylic acids is 1. The van der Waals surface area contributed by atoms with Gasteiger partial charge in [-0.3, -0.25) is 14.8 Å². The van der Waals surface area contributed by atoms with Crippen LogP contribution < -0.4 is 0 Å². The van der Waals surface area contributed by atoms with Gasteiger partial charge in [0.1, 0.15) is 18.5 Å². The summed E-state index contributed by atoms with van der Waals surface area (Å²) in [6, 6.07) is -0.674. The number of aromatic nitrogens is 2. The Bertz CT molecular complexity index is 422. The Labute approximate surface area is 96.0 Å². The minimum atomic E-state index is -1.49. The van der Waals surface area contributed by atoms with Crippen LogP contribution >= 0.6 is 0 Å². The van der Waals surface area contributed by atoms with E-state index in [0.29, 0.717) is 19.1 Å². The largest absolute Gasteiger partial charge is 0.476 e. The molecule has 0 aliphatic heterocycles. The van der Waals surface area contributed by atoms with Crippen molar-refractivity contribution in [2.45, 2.75) is 25.8 Å². The van der Waals surface area contributed by atoms with E-state index >= 15 is 0 Å². The van der Waals surface area contributed by atoms with Crippen molar-refractivity contribution in [1.82, 2.24) is 9.78 Å². The first kappa shape index (κ1) is 12.8. The Kier molecular flexibility index (Phi) is 3.91. The topological polar surface area (TPSA) is 115 Å². The van der Waals surface area contributed by atoms with Crippen molar-refractivity contribution < 1.29 is 19.6 Å². The van der Waals surface area contributed by atoms with Gasteiger partial charge in [-0.2, -0.15) is 5.10 Å². The van der Waals surface area contributed by atoms with Crippen molar-refractivity contribution >= 4 is 17.9 Å². The number of nitro groups is 1. The van der Waals surface area contributed by atoms with Gasteiger partial charge in [-0.15, -0.1) is 0 Å². The molecular weight excluding hydrogens is 230 g/mol. The minimum Gasteiger partial charge on any atom is -0.476 e. The average Bonchev–Trinajstić information content (AvgIpc) is 2.70. The van der Waals surface area contributed by atoms with Crippen molar-refractivity contribution in [3.8, 4) is 0 Å². The number of aldehydes is 1. The van der Waals surface area contributed by atoms with Crippen LogP contribution in [-0.4, -0.2) is 32.1 Å². The van der Waals surface area contributed by atoms with Crippen molar-refractivity contribution in [3.63, 3.8) is 0 Å². The highest BCUT2D eigenvalue weighted by Gasteiger charge is 2.27. The van der Waals surface area contributed by atoms with Gasteiger partial charge in [-0.25, -0.2) is 4.79 Å². The van der Waals surface area contributed by atoms with Gasteiger partial charge < -0.3 is 9.90 Å². The van der Waals surface area contributed by atoms with E-state index < -0.39 is 28.3 Å². The second-order valence-electron chi connectivity index (χ2n) is 3.40. The van der Waals surface area contributed by atoms with Crippen molar-refractivity contribution in [2.24, 2.45) is 0 Å². The predicted octanol–water partition coefficient (Wildman–Crippen LogP) is 1.03. The predicted molar refractivity (Wildman–Crippen MR) is 55.8 cm³/mol. The second-order valence-corrected chi connectivity index (χ2v) is 3.40. The lowest BCUT2D eigenvalue weighted by molar-refractivity contribution is -0.385. The van der Waals surface area contributed by atoms with Gasteiger partial charge in [-0.05, 0) is 6.42 Å². The molecule has 1 N–H and O–H groups in total. The third-order valence-corrected chi connectivity index (χ3v) is 2.19. The normalized spacial score (nSPS) is 12.1. The molecule has 0 fully saturated rings. The summed E-state index contributed by atoms with van der Waals surface area (Å²) >= 11 is 0. The number of hydrogen-bond donors (Lipinski definition) is 1. The summed E-state index contributed by atoms with van der Waals surface area (Å²) in [5.41, 5.74) is -1.27. The molecule has 1 atom stereocenters. The molecule has 0 radical (unpaired) electrons. The first-order valence-electron chi connectivity index (χ1n) is 4.93. The number of hydrogen-bond acceptors (Lipinski definition) is 5. The molecule has 1 unspecified atom stereocenters. The van der Waals surface area contributed by atoms with Crippen molar-refractivity contribution in [2.75, 3.05) is 0 Å². The third kappa shape index (κ3) is 2.65. The lowest BCUT2D eigenvalue weighted by atomic mass is 10.2. The van der Waals surface area contributed by atoms with Gasteiger partial charge in [0.25, 0.3) is 0 Å². The number of carbonyl (C=O) groups excluding carboxylic acids is 1. The highest BCUT2D eigenvalue weighted by molar-refractivity contribution is 5.89. The number of carbonyl (C=O) groups is 2. The van der Waals surface area contributed by atoms with Gasteiger partial charge >= 0.3 is 11.7 Å². The Balaban J connectivity index is 3.18. The summed E-state index contributed by atoms with van der Waals surface area (Å²) in [5, 5.41) is 22.9. The van der Waals surface area contributed by atoms with Crippen molar-refractivity contribution in [1.29, 1.82) is 0 Å². The minimum absolute atomic E-state index is 0.446. The lowest BCUT2D eigenvalue weighted by Crippen LogP contribution is -2.12. The van der Waals surface area contributed by atoms with Crippen LogP contribution in [0.2, 0.25) is 0 Å². The van der Waals surface area contributed by atoms with Gasteiger partial charge in [0.05, 0.1) is 4.92 Å². The van der Waals surface area contributed by atoms with Gasteiger partial charge in [0.2, 0.25) is 5.69 Å². The summed E-state index contributed by atoms with van der Waals surface area (Å²) in [6.07, 6.45) is 2.69. The third-order valence-electron chi connectivity index (χ3n) is 2.19. The van der Waals surface area contributed by atoms with Gasteiger partial charge in [0, 0.05) is 0 Å². The van der Waals surface area contributed by atoms with Crippen LogP contribution in [-0.2, 0) is 4.79 Å². The summed E-state index contributed by atoms with van der Waals surface area (Å²) in [6.45, 7) is 1.84. The van der Waals surface area contributed by atoms with Gasteiger partial charge in [-0.1, -0.05) is 13.3 Å². The number of aromatic carboxylic acids is 1. The maximum atomic E-state index is 10.8. The van der Waals surface area contributed by atoms with E-state index in [4.69, 9.17) is 5.11 Å². The molecule has 0 bridgehead atoms. The van der Waals surface area contributed by atoms with Crippen LogP contribution in [0.5, 0.6) is 0 Å². The smallest absolute Gasteiger partial charge is 0.363 e.